The number of hydrogen-bond donors (Lipinski definition) is 2. The van der Waals surface area contributed by atoms with Crippen molar-refractivity contribution in [3.05, 3.63) is 59.7 Å². The number of piperidine rings is 1. The highest BCUT2D eigenvalue weighted by Crippen LogP contribution is 2.44. The highest BCUT2D eigenvalue weighted by Gasteiger charge is 2.46. The van der Waals surface area contributed by atoms with Gasteiger partial charge in [-0.3, -0.25) is 4.79 Å². The van der Waals surface area contributed by atoms with Crippen LogP contribution in [0.5, 0.6) is 0 Å². The Morgan fingerprint density at radius 2 is 1.58 bits per heavy atom. The second kappa shape index (κ2) is 7.72. The first-order chi connectivity index (χ1) is 15.0. The molecule has 2 aromatic rings. The third kappa shape index (κ3) is 3.34. The van der Waals surface area contributed by atoms with E-state index >= 15 is 0 Å². The lowest BCUT2D eigenvalue weighted by Crippen LogP contribution is -2.57. The predicted octanol–water partition coefficient (Wildman–Crippen LogP) is 3.13. The number of rotatable bonds is 4. The third-order valence-corrected chi connectivity index (χ3v) is 6.76. The molecule has 160 valence electrons. The van der Waals surface area contributed by atoms with Crippen LogP contribution in [0.25, 0.3) is 11.1 Å². The maximum atomic E-state index is 12.8. The fourth-order valence-electron chi connectivity index (χ4n) is 5.32. The third-order valence-electron chi connectivity index (χ3n) is 6.76. The van der Waals surface area contributed by atoms with Gasteiger partial charge in [-0.15, -0.1) is 0 Å². The molecule has 0 saturated carbocycles. The molecule has 2 fully saturated rings. The molecule has 0 bridgehead atoms. The van der Waals surface area contributed by atoms with Crippen molar-refractivity contribution in [1.82, 2.24) is 10.2 Å². The standard InChI is InChI=1S/C24H24N2O5/c27-22-20(11-9-14-10-12-21(23(28)29)26(14)22)25-24(30)31-13-19-17-7-3-1-5-15(17)16-6-2-4-8-18(16)19/h1-8,14,19-21H,9-13H2,(H,25,30)(H,28,29)/t14-,20+,21+/m1/s1. The van der Waals surface area contributed by atoms with Crippen LogP contribution in [0.1, 0.15) is 42.7 Å². The minimum absolute atomic E-state index is 0.0471. The number of benzene rings is 2. The maximum Gasteiger partial charge on any atom is 0.407 e. The van der Waals surface area contributed by atoms with Crippen LogP contribution in [0.4, 0.5) is 4.79 Å². The molecule has 31 heavy (non-hydrogen) atoms. The van der Waals surface area contributed by atoms with E-state index in [1.54, 1.807) is 0 Å². The van der Waals surface area contributed by atoms with Crippen LogP contribution in [0.2, 0.25) is 0 Å². The monoisotopic (exact) mass is 420 g/mol. The second-order valence-electron chi connectivity index (χ2n) is 8.43. The number of aliphatic carboxylic acids is 1. The van der Waals surface area contributed by atoms with Crippen molar-refractivity contribution in [2.75, 3.05) is 6.61 Å². The lowest BCUT2D eigenvalue weighted by molar-refractivity contribution is -0.152. The Morgan fingerprint density at radius 3 is 2.23 bits per heavy atom. The van der Waals surface area contributed by atoms with E-state index in [2.05, 4.69) is 17.4 Å². The van der Waals surface area contributed by atoms with Crippen LogP contribution in [-0.2, 0) is 14.3 Å². The molecule has 1 aliphatic carbocycles. The van der Waals surface area contributed by atoms with Gasteiger partial charge in [0.1, 0.15) is 18.7 Å². The number of carboxylic acid groups (broad SMARTS) is 1. The molecule has 2 saturated heterocycles. The zero-order valence-electron chi connectivity index (χ0n) is 17.0. The van der Waals surface area contributed by atoms with Gasteiger partial charge in [-0.05, 0) is 47.9 Å². The first-order valence-corrected chi connectivity index (χ1v) is 10.7. The van der Waals surface area contributed by atoms with Crippen molar-refractivity contribution < 1.29 is 24.2 Å². The summed E-state index contributed by atoms with van der Waals surface area (Å²) in [5.41, 5.74) is 4.53. The van der Waals surface area contributed by atoms with E-state index < -0.39 is 24.1 Å². The summed E-state index contributed by atoms with van der Waals surface area (Å²) in [5, 5.41) is 12.1. The number of carbonyl (C=O) groups excluding carboxylic acids is 2. The Bertz CT molecular complexity index is 1010. The Hall–Kier alpha value is -3.35. The number of ether oxygens (including phenoxy) is 1. The summed E-state index contributed by atoms with van der Waals surface area (Å²) in [6.45, 7) is 0.171. The van der Waals surface area contributed by atoms with Crippen molar-refractivity contribution in [1.29, 1.82) is 0 Å². The predicted molar refractivity (Wildman–Crippen MR) is 113 cm³/mol. The highest BCUT2D eigenvalue weighted by molar-refractivity contribution is 5.90. The summed E-state index contributed by atoms with van der Waals surface area (Å²) in [5.74, 6) is -1.37. The van der Waals surface area contributed by atoms with Gasteiger partial charge >= 0.3 is 12.1 Å². The molecule has 7 nitrogen and oxygen atoms in total. The van der Waals surface area contributed by atoms with Gasteiger partial charge < -0.3 is 20.1 Å². The van der Waals surface area contributed by atoms with E-state index in [9.17, 15) is 19.5 Å². The van der Waals surface area contributed by atoms with Gasteiger partial charge in [-0.2, -0.15) is 0 Å². The zero-order chi connectivity index (χ0) is 21.5. The number of fused-ring (bicyclic) bond motifs is 4. The quantitative estimate of drug-likeness (QED) is 0.792. The normalized spacial score (nSPS) is 24.3. The first-order valence-electron chi connectivity index (χ1n) is 10.7. The lowest BCUT2D eigenvalue weighted by atomic mass is 9.98. The summed E-state index contributed by atoms with van der Waals surface area (Å²) >= 11 is 0. The van der Waals surface area contributed by atoms with E-state index in [0.29, 0.717) is 25.7 Å². The van der Waals surface area contributed by atoms with Gasteiger partial charge in [0.15, 0.2) is 0 Å². The molecule has 0 unspecified atom stereocenters. The number of amides is 2. The molecule has 2 amide bonds. The SMILES string of the molecule is O=C(N[C@H]1CC[C@@H]2CC[C@@H](C(=O)O)N2C1=O)OCC1c2ccccc2-c2ccccc21. The van der Waals surface area contributed by atoms with Crippen LogP contribution >= 0.6 is 0 Å². The maximum absolute atomic E-state index is 12.8. The average molecular weight is 420 g/mol. The van der Waals surface area contributed by atoms with Gasteiger partial charge in [0.2, 0.25) is 5.91 Å². The van der Waals surface area contributed by atoms with E-state index in [1.165, 1.54) is 4.90 Å². The molecular weight excluding hydrogens is 396 g/mol. The largest absolute Gasteiger partial charge is 0.480 e. The van der Waals surface area contributed by atoms with Gasteiger partial charge in [-0.1, -0.05) is 48.5 Å². The molecule has 2 aliphatic heterocycles. The summed E-state index contributed by atoms with van der Waals surface area (Å²) < 4.78 is 5.54. The smallest absolute Gasteiger partial charge is 0.407 e. The van der Waals surface area contributed by atoms with Crippen LogP contribution in [0.3, 0.4) is 0 Å². The molecule has 2 heterocycles. The van der Waals surface area contributed by atoms with Crippen molar-refractivity contribution in [3.8, 4) is 11.1 Å². The van der Waals surface area contributed by atoms with Crippen LogP contribution < -0.4 is 5.32 Å². The average Bonchev–Trinajstić information content (AvgIpc) is 3.34. The molecule has 5 rings (SSSR count). The zero-order valence-corrected chi connectivity index (χ0v) is 17.0. The molecule has 3 atom stereocenters. The molecule has 0 spiro atoms. The van der Waals surface area contributed by atoms with E-state index in [1.807, 2.05) is 36.4 Å². The second-order valence-corrected chi connectivity index (χ2v) is 8.43. The Morgan fingerprint density at radius 1 is 0.968 bits per heavy atom. The molecular formula is C24H24N2O5. The number of nitrogens with zero attached hydrogens (tertiary/aromatic N) is 1. The number of alkyl carbamates (subject to hydrolysis) is 1. The van der Waals surface area contributed by atoms with Crippen LogP contribution in [0, 0.1) is 0 Å². The van der Waals surface area contributed by atoms with E-state index in [-0.39, 0.29) is 24.5 Å². The topological polar surface area (TPSA) is 95.9 Å². The molecule has 0 aromatic heterocycles. The molecule has 2 aromatic carbocycles. The van der Waals surface area contributed by atoms with Gasteiger partial charge in [0.25, 0.3) is 0 Å². The van der Waals surface area contributed by atoms with Gasteiger partial charge in [-0.25, -0.2) is 9.59 Å². The van der Waals surface area contributed by atoms with Crippen molar-refractivity contribution in [3.63, 3.8) is 0 Å². The Kier molecular flexibility index (Phi) is 4.88. The minimum atomic E-state index is -0.988. The number of carboxylic acids is 1. The van der Waals surface area contributed by atoms with Crippen molar-refractivity contribution in [2.24, 2.45) is 0 Å². The molecule has 0 radical (unpaired) electrons. The van der Waals surface area contributed by atoms with Crippen LogP contribution in [-0.4, -0.2) is 52.7 Å². The Balaban J connectivity index is 1.25. The minimum Gasteiger partial charge on any atom is -0.480 e. The van der Waals surface area contributed by atoms with E-state index in [0.717, 1.165) is 22.3 Å². The lowest BCUT2D eigenvalue weighted by Gasteiger charge is -2.36. The molecule has 7 heteroatoms. The summed E-state index contributed by atoms with van der Waals surface area (Å²) in [6, 6.07) is 14.6. The number of carbonyl (C=O) groups is 3. The fourth-order valence-corrected chi connectivity index (χ4v) is 5.32. The fraction of sp³-hybridized carbons (Fsp3) is 0.375. The van der Waals surface area contributed by atoms with Crippen molar-refractivity contribution >= 4 is 18.0 Å². The number of nitrogens with one attached hydrogen (secondary N) is 1. The Labute approximate surface area is 180 Å². The van der Waals surface area contributed by atoms with Gasteiger partial charge in [0, 0.05) is 12.0 Å². The summed E-state index contributed by atoms with van der Waals surface area (Å²) in [6.07, 6.45) is 1.69. The number of hydrogen-bond acceptors (Lipinski definition) is 4. The van der Waals surface area contributed by atoms with Crippen LogP contribution in [0.15, 0.2) is 48.5 Å². The molecule has 3 aliphatic rings. The summed E-state index contributed by atoms with van der Waals surface area (Å²) in [7, 11) is 0. The highest BCUT2D eigenvalue weighted by atomic mass is 16.5. The summed E-state index contributed by atoms with van der Waals surface area (Å²) in [4.78, 5) is 38.3. The van der Waals surface area contributed by atoms with E-state index in [4.69, 9.17) is 4.74 Å². The first kappa shape index (κ1) is 19.6. The van der Waals surface area contributed by atoms with Gasteiger partial charge in [0.05, 0.1) is 0 Å². The molecule has 2 N–H and O–H groups in total. The van der Waals surface area contributed by atoms with Crippen molar-refractivity contribution in [2.45, 2.75) is 49.7 Å².